The van der Waals surface area contributed by atoms with Gasteiger partial charge in [-0.2, -0.15) is 0 Å². The molecule has 43 heavy (non-hydrogen) atoms. The highest BCUT2D eigenvalue weighted by molar-refractivity contribution is 5.90. The van der Waals surface area contributed by atoms with E-state index in [0.717, 1.165) is 11.1 Å². The molecule has 10 nitrogen and oxygen atoms in total. The van der Waals surface area contributed by atoms with Crippen LogP contribution in [-0.2, 0) is 43.3 Å². The van der Waals surface area contributed by atoms with Crippen LogP contribution in [0.1, 0.15) is 44.4 Å². The molecule has 0 saturated heterocycles. The fourth-order valence-electron chi connectivity index (χ4n) is 3.98. The van der Waals surface area contributed by atoms with Crippen molar-refractivity contribution in [2.75, 3.05) is 0 Å². The lowest BCUT2D eigenvalue weighted by atomic mass is 10.0. The van der Waals surface area contributed by atoms with Gasteiger partial charge in [0.1, 0.15) is 30.0 Å². The lowest BCUT2D eigenvalue weighted by Crippen LogP contribution is -2.56. The lowest BCUT2D eigenvalue weighted by Gasteiger charge is -2.26. The van der Waals surface area contributed by atoms with E-state index in [1.807, 2.05) is 36.4 Å². The number of ether oxygens (including phenoxy) is 3. The van der Waals surface area contributed by atoms with Crippen molar-refractivity contribution in [3.63, 3.8) is 0 Å². The maximum Gasteiger partial charge on any atom is 0.408 e. The normalized spacial score (nSPS) is 13.1. The molecule has 0 aliphatic rings. The molecule has 0 radical (unpaired) electrons. The van der Waals surface area contributed by atoms with Crippen molar-refractivity contribution in [1.82, 2.24) is 10.6 Å². The first-order valence-electron chi connectivity index (χ1n) is 13.9. The summed E-state index contributed by atoms with van der Waals surface area (Å²) < 4.78 is 16.1. The van der Waals surface area contributed by atoms with Crippen molar-refractivity contribution in [2.24, 2.45) is 0 Å². The number of alkyl carbamates (subject to hydrolysis) is 1. The van der Waals surface area contributed by atoms with E-state index in [4.69, 9.17) is 14.2 Å². The Morgan fingerprint density at radius 1 is 0.791 bits per heavy atom. The number of carbonyl (C=O) groups is 4. The first-order chi connectivity index (χ1) is 20.4. The molecule has 10 heteroatoms. The Labute approximate surface area is 251 Å². The van der Waals surface area contributed by atoms with Crippen molar-refractivity contribution in [3.8, 4) is 5.75 Å². The lowest BCUT2D eigenvalue weighted by molar-refractivity contribution is -0.149. The summed E-state index contributed by atoms with van der Waals surface area (Å²) in [5.41, 5.74) is 1.42. The minimum Gasteiger partial charge on any atom is -0.459 e. The van der Waals surface area contributed by atoms with Crippen LogP contribution in [0, 0.1) is 0 Å². The Morgan fingerprint density at radius 2 is 1.37 bits per heavy atom. The van der Waals surface area contributed by atoms with E-state index in [1.54, 1.807) is 69.3 Å². The Bertz CT molecular complexity index is 1350. The Balaban J connectivity index is 1.63. The molecule has 0 heterocycles. The first-order valence-corrected chi connectivity index (χ1v) is 13.9. The number of amides is 2. The molecule has 2 amide bonds. The highest BCUT2D eigenvalue weighted by atomic mass is 16.6. The molecule has 0 saturated carbocycles. The average molecular weight is 591 g/mol. The van der Waals surface area contributed by atoms with Gasteiger partial charge < -0.3 is 30.0 Å². The summed E-state index contributed by atoms with van der Waals surface area (Å²) in [6.45, 7) is 6.25. The van der Waals surface area contributed by atoms with Gasteiger partial charge in [0.25, 0.3) is 0 Å². The summed E-state index contributed by atoms with van der Waals surface area (Å²) in [6.07, 6.45) is -1.91. The molecule has 0 aromatic heterocycles. The van der Waals surface area contributed by atoms with Gasteiger partial charge in [0, 0.05) is 6.42 Å². The summed E-state index contributed by atoms with van der Waals surface area (Å²) in [7, 11) is 0. The van der Waals surface area contributed by atoms with Crippen LogP contribution in [0.4, 0.5) is 4.79 Å². The van der Waals surface area contributed by atoms with Crippen LogP contribution < -0.4 is 15.4 Å². The maximum atomic E-state index is 13.2. The highest BCUT2D eigenvalue weighted by Gasteiger charge is 2.32. The number of aliphatic hydroxyl groups excluding tert-OH is 1. The second-order valence-corrected chi connectivity index (χ2v) is 11.0. The minimum absolute atomic E-state index is 0.103. The number of nitrogens with one attached hydrogen (secondary N) is 2. The van der Waals surface area contributed by atoms with E-state index in [9.17, 15) is 24.3 Å². The molecule has 3 aromatic rings. The fraction of sp³-hybridized carbons (Fsp3) is 0.333. The van der Waals surface area contributed by atoms with Gasteiger partial charge in [-0.1, -0.05) is 72.8 Å². The van der Waals surface area contributed by atoms with Gasteiger partial charge in [0.2, 0.25) is 5.91 Å². The average Bonchev–Trinajstić information content (AvgIpc) is 2.95. The molecular formula is C33H38N2O8. The number of rotatable bonds is 12. The zero-order valence-corrected chi connectivity index (χ0v) is 24.7. The number of benzene rings is 3. The van der Waals surface area contributed by atoms with Crippen molar-refractivity contribution in [1.29, 1.82) is 0 Å². The van der Waals surface area contributed by atoms with Crippen LogP contribution in [0.2, 0.25) is 0 Å². The number of esters is 2. The van der Waals surface area contributed by atoms with Crippen molar-refractivity contribution < 1.29 is 38.5 Å². The summed E-state index contributed by atoms with van der Waals surface area (Å²) in [5, 5.41) is 15.2. The van der Waals surface area contributed by atoms with Gasteiger partial charge in [0.05, 0.1) is 12.5 Å². The predicted octanol–water partition coefficient (Wildman–Crippen LogP) is 3.88. The molecule has 0 unspecified atom stereocenters. The van der Waals surface area contributed by atoms with Gasteiger partial charge in [-0.25, -0.2) is 9.59 Å². The zero-order valence-electron chi connectivity index (χ0n) is 24.7. The topological polar surface area (TPSA) is 140 Å². The first kappa shape index (κ1) is 32.8. The Morgan fingerprint density at radius 3 is 1.93 bits per heavy atom. The molecule has 3 rings (SSSR count). The van der Waals surface area contributed by atoms with E-state index in [0.29, 0.717) is 11.3 Å². The molecule has 3 N–H and O–H groups in total. The third-order valence-electron chi connectivity index (χ3n) is 6.05. The molecular weight excluding hydrogens is 552 g/mol. The number of aliphatic hydroxyl groups is 1. The van der Waals surface area contributed by atoms with Gasteiger partial charge in [-0.15, -0.1) is 0 Å². The maximum absolute atomic E-state index is 13.2. The van der Waals surface area contributed by atoms with Crippen LogP contribution in [0.3, 0.4) is 0 Å². The smallest absolute Gasteiger partial charge is 0.408 e. The Kier molecular flexibility index (Phi) is 11.8. The van der Waals surface area contributed by atoms with Crippen molar-refractivity contribution in [2.45, 2.75) is 70.9 Å². The molecule has 0 bridgehead atoms. The molecule has 3 atom stereocenters. The van der Waals surface area contributed by atoms with Crippen LogP contribution in [0.15, 0.2) is 84.9 Å². The number of carbonyl (C=O) groups excluding carboxylic acids is 4. The molecule has 0 fully saturated rings. The standard InChI is InChI=1S/C33H38N2O8/c1-22(36)29(35-32(40)43-33(2,3)4)30(38)34-27(19-23-11-7-5-8-12-23)31(39)41-21-25-15-17-26(18-16-25)42-28(37)20-24-13-9-6-10-14-24/h5-18,22,27,29,36H,19-21H2,1-4H3,(H,34,38)(H,35,40)/t22-,27+,29+/m1/s1. The summed E-state index contributed by atoms with van der Waals surface area (Å²) >= 11 is 0. The van der Waals surface area contributed by atoms with Gasteiger partial charge >= 0.3 is 18.0 Å². The van der Waals surface area contributed by atoms with Crippen molar-refractivity contribution >= 4 is 23.9 Å². The van der Waals surface area contributed by atoms with Crippen LogP contribution in [-0.4, -0.2) is 52.8 Å². The molecule has 0 aliphatic carbocycles. The molecule has 228 valence electrons. The third kappa shape index (κ3) is 11.6. The summed E-state index contributed by atoms with van der Waals surface area (Å²) in [6, 6.07) is 22.3. The van der Waals surface area contributed by atoms with E-state index >= 15 is 0 Å². The van der Waals surface area contributed by atoms with E-state index in [-0.39, 0.29) is 19.4 Å². The highest BCUT2D eigenvalue weighted by Crippen LogP contribution is 2.15. The van der Waals surface area contributed by atoms with E-state index < -0.39 is 47.7 Å². The molecule has 3 aromatic carbocycles. The molecule has 0 spiro atoms. The predicted molar refractivity (Wildman–Crippen MR) is 159 cm³/mol. The number of hydrogen-bond acceptors (Lipinski definition) is 8. The SMILES string of the molecule is C[C@@H](O)[C@H](NC(=O)OC(C)(C)C)C(=O)N[C@@H](Cc1ccccc1)C(=O)OCc1ccc(OC(=O)Cc2ccccc2)cc1. The van der Waals surface area contributed by atoms with Crippen LogP contribution in [0.5, 0.6) is 5.75 Å². The Hall–Kier alpha value is -4.70. The van der Waals surface area contributed by atoms with Gasteiger partial charge in [0.15, 0.2) is 0 Å². The largest absolute Gasteiger partial charge is 0.459 e. The monoisotopic (exact) mass is 590 g/mol. The minimum atomic E-state index is -1.38. The second kappa shape index (κ2) is 15.5. The van der Waals surface area contributed by atoms with E-state index in [1.165, 1.54) is 6.92 Å². The van der Waals surface area contributed by atoms with Crippen LogP contribution in [0.25, 0.3) is 0 Å². The zero-order chi connectivity index (χ0) is 31.4. The second-order valence-electron chi connectivity index (χ2n) is 11.0. The summed E-state index contributed by atoms with van der Waals surface area (Å²) in [5.74, 6) is -1.54. The van der Waals surface area contributed by atoms with Crippen LogP contribution >= 0.6 is 0 Å². The van der Waals surface area contributed by atoms with Gasteiger partial charge in [-0.3, -0.25) is 9.59 Å². The molecule has 0 aliphatic heterocycles. The third-order valence-corrected chi connectivity index (χ3v) is 6.05. The fourth-order valence-corrected chi connectivity index (χ4v) is 3.98. The quantitative estimate of drug-likeness (QED) is 0.213. The van der Waals surface area contributed by atoms with Crippen molar-refractivity contribution in [3.05, 3.63) is 102 Å². The van der Waals surface area contributed by atoms with E-state index in [2.05, 4.69) is 10.6 Å². The number of hydrogen-bond donors (Lipinski definition) is 3. The summed E-state index contributed by atoms with van der Waals surface area (Å²) in [4.78, 5) is 50.8. The van der Waals surface area contributed by atoms with Gasteiger partial charge in [-0.05, 0) is 56.5 Å².